The molecule has 1 aliphatic rings. The SMILES string of the molecule is CC1(NS(=O)(=O)c2ccc(CCCN)cc2)CC1. The molecule has 0 heterocycles. The normalized spacial score (nSPS) is 17.7. The summed E-state index contributed by atoms with van der Waals surface area (Å²) in [4.78, 5) is 0.340. The van der Waals surface area contributed by atoms with E-state index in [0.717, 1.165) is 31.2 Å². The van der Waals surface area contributed by atoms with E-state index >= 15 is 0 Å². The molecule has 0 aromatic heterocycles. The highest BCUT2D eigenvalue weighted by atomic mass is 32.2. The summed E-state index contributed by atoms with van der Waals surface area (Å²) in [5.74, 6) is 0. The van der Waals surface area contributed by atoms with Crippen LogP contribution in [-0.4, -0.2) is 20.5 Å². The number of nitrogens with one attached hydrogen (secondary N) is 1. The Balaban J connectivity index is 2.08. The van der Waals surface area contributed by atoms with Crippen LogP contribution < -0.4 is 10.5 Å². The summed E-state index contributed by atoms with van der Waals surface area (Å²) >= 11 is 0. The van der Waals surface area contributed by atoms with E-state index in [2.05, 4.69) is 4.72 Å². The van der Waals surface area contributed by atoms with Crippen molar-refractivity contribution in [2.45, 2.75) is 43.0 Å². The molecule has 1 fully saturated rings. The van der Waals surface area contributed by atoms with Crippen molar-refractivity contribution in [1.82, 2.24) is 4.72 Å². The maximum Gasteiger partial charge on any atom is 0.241 e. The lowest BCUT2D eigenvalue weighted by Gasteiger charge is -2.12. The summed E-state index contributed by atoms with van der Waals surface area (Å²) in [6, 6.07) is 7.05. The smallest absolute Gasteiger partial charge is 0.241 e. The van der Waals surface area contributed by atoms with Crippen LogP contribution in [0.1, 0.15) is 31.7 Å². The predicted octanol–water partition coefficient (Wildman–Crippen LogP) is 1.41. The van der Waals surface area contributed by atoms with Gasteiger partial charge in [-0.15, -0.1) is 0 Å². The Hall–Kier alpha value is -0.910. The van der Waals surface area contributed by atoms with E-state index in [0.29, 0.717) is 11.4 Å². The maximum atomic E-state index is 12.1. The van der Waals surface area contributed by atoms with Gasteiger partial charge in [-0.05, 0) is 56.8 Å². The van der Waals surface area contributed by atoms with E-state index in [1.165, 1.54) is 0 Å². The fourth-order valence-corrected chi connectivity index (χ4v) is 3.28. The Morgan fingerprint density at radius 2 is 1.89 bits per heavy atom. The van der Waals surface area contributed by atoms with E-state index in [-0.39, 0.29) is 5.54 Å². The summed E-state index contributed by atoms with van der Waals surface area (Å²) in [5.41, 5.74) is 6.34. The molecule has 0 atom stereocenters. The molecule has 1 aromatic carbocycles. The first kappa shape index (κ1) is 13.5. The number of hydrogen-bond donors (Lipinski definition) is 2. The second-order valence-corrected chi connectivity index (χ2v) is 6.88. The molecule has 0 saturated heterocycles. The molecular formula is C13H20N2O2S. The van der Waals surface area contributed by atoms with Crippen LogP contribution in [0, 0.1) is 0 Å². The molecular weight excluding hydrogens is 248 g/mol. The molecule has 0 spiro atoms. The second kappa shape index (κ2) is 4.99. The topological polar surface area (TPSA) is 72.2 Å². The van der Waals surface area contributed by atoms with Gasteiger partial charge in [0.15, 0.2) is 0 Å². The third-order valence-corrected chi connectivity index (χ3v) is 4.94. The van der Waals surface area contributed by atoms with Gasteiger partial charge in [0.05, 0.1) is 4.90 Å². The van der Waals surface area contributed by atoms with Crippen LogP contribution in [0.5, 0.6) is 0 Å². The standard InChI is InChI=1S/C13H20N2O2S/c1-13(8-9-13)15-18(16,17)12-6-4-11(5-7-12)3-2-10-14/h4-7,15H,2-3,8-10,14H2,1H3. The molecule has 4 nitrogen and oxygen atoms in total. The number of sulfonamides is 1. The molecule has 0 bridgehead atoms. The molecule has 3 N–H and O–H groups in total. The van der Waals surface area contributed by atoms with Gasteiger partial charge in [-0.3, -0.25) is 0 Å². The van der Waals surface area contributed by atoms with Gasteiger partial charge in [-0.1, -0.05) is 12.1 Å². The van der Waals surface area contributed by atoms with Gasteiger partial charge in [0.25, 0.3) is 0 Å². The van der Waals surface area contributed by atoms with Crippen molar-refractivity contribution >= 4 is 10.0 Å². The highest BCUT2D eigenvalue weighted by Crippen LogP contribution is 2.35. The highest BCUT2D eigenvalue weighted by Gasteiger charge is 2.41. The summed E-state index contributed by atoms with van der Waals surface area (Å²) in [6.07, 6.45) is 3.64. The van der Waals surface area contributed by atoms with Gasteiger partial charge in [-0.25, -0.2) is 13.1 Å². The first-order valence-electron chi connectivity index (χ1n) is 6.28. The number of nitrogens with two attached hydrogens (primary N) is 1. The first-order valence-corrected chi connectivity index (χ1v) is 7.77. The Bertz CT molecular complexity index is 504. The van der Waals surface area contributed by atoms with Gasteiger partial charge in [0.2, 0.25) is 10.0 Å². The summed E-state index contributed by atoms with van der Waals surface area (Å²) in [5, 5.41) is 0. The van der Waals surface area contributed by atoms with Gasteiger partial charge in [0.1, 0.15) is 0 Å². The number of rotatable bonds is 6. The molecule has 100 valence electrons. The van der Waals surface area contributed by atoms with Crippen LogP contribution in [0.2, 0.25) is 0 Å². The average Bonchev–Trinajstić information content (AvgIpc) is 3.03. The first-order chi connectivity index (χ1) is 8.45. The Kier molecular flexibility index (Phi) is 3.75. The Labute approximate surface area is 109 Å². The van der Waals surface area contributed by atoms with E-state index in [4.69, 9.17) is 5.73 Å². The zero-order chi connectivity index (χ0) is 13.2. The molecule has 0 aliphatic heterocycles. The van der Waals surface area contributed by atoms with Crippen LogP contribution in [0.15, 0.2) is 29.2 Å². The van der Waals surface area contributed by atoms with Gasteiger partial charge in [-0.2, -0.15) is 0 Å². The zero-order valence-electron chi connectivity index (χ0n) is 10.6. The number of hydrogen-bond acceptors (Lipinski definition) is 3. The minimum absolute atomic E-state index is 0.225. The molecule has 0 unspecified atom stereocenters. The molecule has 1 saturated carbocycles. The van der Waals surface area contributed by atoms with E-state index in [9.17, 15) is 8.42 Å². The molecule has 0 amide bonds. The van der Waals surface area contributed by atoms with Crippen LogP contribution >= 0.6 is 0 Å². The van der Waals surface area contributed by atoms with Gasteiger partial charge >= 0.3 is 0 Å². The summed E-state index contributed by atoms with van der Waals surface area (Å²) < 4.78 is 26.9. The van der Waals surface area contributed by atoms with Crippen LogP contribution in [0.25, 0.3) is 0 Å². The van der Waals surface area contributed by atoms with Crippen LogP contribution in [0.3, 0.4) is 0 Å². The van der Waals surface area contributed by atoms with E-state index in [1.807, 2.05) is 19.1 Å². The Morgan fingerprint density at radius 1 is 1.28 bits per heavy atom. The zero-order valence-corrected chi connectivity index (χ0v) is 11.5. The fourth-order valence-electron chi connectivity index (χ4n) is 1.81. The number of aryl methyl sites for hydroxylation is 1. The maximum absolute atomic E-state index is 12.1. The van der Waals surface area contributed by atoms with E-state index in [1.54, 1.807) is 12.1 Å². The monoisotopic (exact) mass is 268 g/mol. The molecule has 0 radical (unpaired) electrons. The minimum Gasteiger partial charge on any atom is -0.330 e. The minimum atomic E-state index is -3.37. The van der Waals surface area contributed by atoms with Crippen molar-refractivity contribution in [3.05, 3.63) is 29.8 Å². The molecule has 2 rings (SSSR count). The van der Waals surface area contributed by atoms with Crippen molar-refractivity contribution < 1.29 is 8.42 Å². The van der Waals surface area contributed by atoms with Crippen molar-refractivity contribution in [2.75, 3.05) is 6.54 Å². The lowest BCUT2D eigenvalue weighted by molar-refractivity contribution is 0.558. The molecule has 1 aliphatic carbocycles. The largest absolute Gasteiger partial charge is 0.330 e. The summed E-state index contributed by atoms with van der Waals surface area (Å²) in [7, 11) is -3.37. The third kappa shape index (κ3) is 3.31. The molecule has 1 aromatic rings. The molecule has 5 heteroatoms. The van der Waals surface area contributed by atoms with Crippen LogP contribution in [-0.2, 0) is 16.4 Å². The number of benzene rings is 1. The third-order valence-electron chi connectivity index (χ3n) is 3.28. The fraction of sp³-hybridized carbons (Fsp3) is 0.538. The highest BCUT2D eigenvalue weighted by molar-refractivity contribution is 7.89. The van der Waals surface area contributed by atoms with Crippen molar-refractivity contribution in [2.24, 2.45) is 5.73 Å². The summed E-state index contributed by atoms with van der Waals surface area (Å²) in [6.45, 7) is 2.58. The van der Waals surface area contributed by atoms with Crippen molar-refractivity contribution in [3.8, 4) is 0 Å². The van der Waals surface area contributed by atoms with Gasteiger partial charge < -0.3 is 5.73 Å². The van der Waals surface area contributed by atoms with Crippen molar-refractivity contribution in [3.63, 3.8) is 0 Å². The quantitative estimate of drug-likeness (QED) is 0.819. The Morgan fingerprint density at radius 3 is 2.39 bits per heavy atom. The average molecular weight is 268 g/mol. The van der Waals surface area contributed by atoms with Crippen LogP contribution in [0.4, 0.5) is 0 Å². The molecule has 18 heavy (non-hydrogen) atoms. The van der Waals surface area contributed by atoms with E-state index < -0.39 is 10.0 Å². The lowest BCUT2D eigenvalue weighted by atomic mass is 10.1. The van der Waals surface area contributed by atoms with Gasteiger partial charge in [0, 0.05) is 5.54 Å². The van der Waals surface area contributed by atoms with Crippen molar-refractivity contribution in [1.29, 1.82) is 0 Å². The lowest BCUT2D eigenvalue weighted by Crippen LogP contribution is -2.34. The second-order valence-electron chi connectivity index (χ2n) is 5.20. The predicted molar refractivity (Wildman–Crippen MR) is 71.8 cm³/mol.